The monoisotopic (exact) mass is 328 g/mol. The lowest BCUT2D eigenvalue weighted by Crippen LogP contribution is -2.51. The largest absolute Gasteiger partial charge is 0.382 e. The van der Waals surface area contributed by atoms with Crippen LogP contribution in [0.25, 0.3) is 0 Å². The van der Waals surface area contributed by atoms with E-state index in [-0.39, 0.29) is 11.6 Å². The van der Waals surface area contributed by atoms with Crippen molar-refractivity contribution in [3.05, 3.63) is 48.2 Å². The summed E-state index contributed by atoms with van der Waals surface area (Å²) in [5.74, 6) is 0.682. The van der Waals surface area contributed by atoms with Gasteiger partial charge in [0.25, 0.3) is 0 Å². The number of methoxy groups -OCH3 is 1. The first-order chi connectivity index (χ1) is 11.7. The Labute approximate surface area is 142 Å². The quantitative estimate of drug-likeness (QED) is 0.856. The maximum atomic E-state index is 12.4. The molecule has 0 atom stereocenters. The zero-order valence-corrected chi connectivity index (χ0v) is 14.0. The van der Waals surface area contributed by atoms with Crippen molar-refractivity contribution in [2.24, 2.45) is 0 Å². The van der Waals surface area contributed by atoms with Gasteiger partial charge in [-0.25, -0.2) is 9.48 Å². The second-order valence-electron chi connectivity index (χ2n) is 6.36. The van der Waals surface area contributed by atoms with E-state index in [4.69, 9.17) is 4.74 Å². The van der Waals surface area contributed by atoms with Crippen molar-refractivity contribution in [2.45, 2.75) is 37.8 Å². The van der Waals surface area contributed by atoms with Crippen LogP contribution in [-0.2, 0) is 11.3 Å². The predicted octanol–water partition coefficient (Wildman–Crippen LogP) is 3.01. The van der Waals surface area contributed by atoms with Gasteiger partial charge in [0, 0.05) is 13.2 Å². The van der Waals surface area contributed by atoms with Gasteiger partial charge in [0.05, 0.1) is 24.9 Å². The van der Waals surface area contributed by atoms with E-state index in [0.29, 0.717) is 19.0 Å². The van der Waals surface area contributed by atoms with Crippen LogP contribution >= 0.6 is 0 Å². The van der Waals surface area contributed by atoms with Crippen LogP contribution in [0.4, 0.5) is 10.6 Å². The first-order valence-corrected chi connectivity index (χ1v) is 8.35. The normalized spacial score (nSPS) is 16.0. The van der Waals surface area contributed by atoms with Crippen molar-refractivity contribution >= 4 is 11.8 Å². The molecule has 2 aromatic rings. The van der Waals surface area contributed by atoms with E-state index in [1.54, 1.807) is 24.1 Å². The van der Waals surface area contributed by atoms with Gasteiger partial charge in [-0.05, 0) is 18.4 Å². The third-order valence-corrected chi connectivity index (χ3v) is 4.49. The molecular weight excluding hydrogens is 304 g/mol. The highest BCUT2D eigenvalue weighted by molar-refractivity contribution is 5.88. The molecule has 1 aromatic heterocycles. The van der Waals surface area contributed by atoms with Gasteiger partial charge in [0.2, 0.25) is 0 Å². The molecule has 2 amide bonds. The number of aromatic nitrogens is 2. The van der Waals surface area contributed by atoms with Gasteiger partial charge >= 0.3 is 6.03 Å². The summed E-state index contributed by atoms with van der Waals surface area (Å²) >= 11 is 0. The van der Waals surface area contributed by atoms with Crippen LogP contribution in [0, 0.1) is 0 Å². The third-order valence-electron chi connectivity index (χ3n) is 4.49. The number of hydrogen-bond acceptors (Lipinski definition) is 3. The van der Waals surface area contributed by atoms with Gasteiger partial charge in [-0.15, -0.1) is 0 Å². The number of carbonyl (C=O) groups excluding carboxylic acids is 1. The average molecular weight is 328 g/mol. The summed E-state index contributed by atoms with van der Waals surface area (Å²) in [7, 11) is 1.68. The van der Waals surface area contributed by atoms with E-state index in [9.17, 15) is 4.79 Å². The molecule has 1 heterocycles. The molecule has 6 nitrogen and oxygen atoms in total. The molecule has 0 saturated heterocycles. The van der Waals surface area contributed by atoms with E-state index in [2.05, 4.69) is 15.7 Å². The van der Waals surface area contributed by atoms with E-state index >= 15 is 0 Å². The molecule has 0 bridgehead atoms. The molecule has 0 unspecified atom stereocenters. The van der Waals surface area contributed by atoms with Crippen LogP contribution in [0.3, 0.4) is 0 Å². The van der Waals surface area contributed by atoms with Crippen LogP contribution in [0.5, 0.6) is 0 Å². The summed E-state index contributed by atoms with van der Waals surface area (Å²) < 4.78 is 7.09. The van der Waals surface area contributed by atoms with Gasteiger partial charge in [0.1, 0.15) is 5.82 Å². The number of anilines is 1. The summed E-state index contributed by atoms with van der Waals surface area (Å²) in [6.45, 7) is 1.16. The number of benzene rings is 1. The molecule has 6 heteroatoms. The topological polar surface area (TPSA) is 68.2 Å². The summed E-state index contributed by atoms with van der Waals surface area (Å²) in [5, 5.41) is 10.3. The van der Waals surface area contributed by atoms with Crippen LogP contribution in [0.2, 0.25) is 0 Å². The highest BCUT2D eigenvalue weighted by Gasteiger charge is 2.35. The Balaban J connectivity index is 1.64. The van der Waals surface area contributed by atoms with Gasteiger partial charge in [-0.1, -0.05) is 43.2 Å². The predicted molar refractivity (Wildman–Crippen MR) is 93.0 cm³/mol. The Morgan fingerprint density at radius 2 is 2.00 bits per heavy atom. The van der Waals surface area contributed by atoms with E-state index in [0.717, 1.165) is 31.2 Å². The van der Waals surface area contributed by atoms with E-state index in [1.165, 1.54) is 0 Å². The summed E-state index contributed by atoms with van der Waals surface area (Å²) in [4.78, 5) is 12.4. The Morgan fingerprint density at radius 3 is 2.71 bits per heavy atom. The fourth-order valence-electron chi connectivity index (χ4n) is 3.34. The molecule has 1 aliphatic carbocycles. The first-order valence-electron chi connectivity index (χ1n) is 8.35. The van der Waals surface area contributed by atoms with Crippen molar-refractivity contribution in [3.8, 4) is 0 Å². The second kappa shape index (κ2) is 7.49. The Hall–Kier alpha value is -2.34. The zero-order valence-electron chi connectivity index (χ0n) is 14.0. The molecule has 0 aliphatic heterocycles. The molecular formula is C18H24N4O2. The molecule has 1 fully saturated rings. The third kappa shape index (κ3) is 3.94. The van der Waals surface area contributed by atoms with Crippen molar-refractivity contribution in [1.29, 1.82) is 0 Å². The molecule has 24 heavy (non-hydrogen) atoms. The van der Waals surface area contributed by atoms with Crippen LogP contribution < -0.4 is 10.6 Å². The summed E-state index contributed by atoms with van der Waals surface area (Å²) in [5.41, 5.74) is 0.889. The lowest BCUT2D eigenvalue weighted by molar-refractivity contribution is 0.117. The Kier molecular flexibility index (Phi) is 5.15. The van der Waals surface area contributed by atoms with Crippen molar-refractivity contribution in [3.63, 3.8) is 0 Å². The fourth-order valence-corrected chi connectivity index (χ4v) is 3.34. The number of ether oxygens (including phenoxy) is 1. The van der Waals surface area contributed by atoms with E-state index in [1.807, 2.05) is 30.3 Å². The molecule has 1 aromatic carbocycles. The Morgan fingerprint density at radius 1 is 1.25 bits per heavy atom. The summed E-state index contributed by atoms with van der Waals surface area (Å²) in [6, 6.07) is 11.6. The molecule has 3 rings (SSSR count). The van der Waals surface area contributed by atoms with Gasteiger partial charge in [-0.2, -0.15) is 5.10 Å². The fraction of sp³-hybridized carbons (Fsp3) is 0.444. The van der Waals surface area contributed by atoms with Crippen LogP contribution in [0.1, 0.15) is 31.2 Å². The first kappa shape index (κ1) is 16.5. The van der Waals surface area contributed by atoms with Crippen molar-refractivity contribution < 1.29 is 9.53 Å². The molecule has 0 radical (unpaired) electrons. The average Bonchev–Trinajstić information content (AvgIpc) is 3.19. The molecule has 0 spiro atoms. The lowest BCUT2D eigenvalue weighted by atomic mass is 9.99. The molecule has 1 aliphatic rings. The Bertz CT molecular complexity index is 663. The number of rotatable bonds is 6. The minimum absolute atomic E-state index is 0.205. The minimum Gasteiger partial charge on any atom is -0.382 e. The van der Waals surface area contributed by atoms with Gasteiger partial charge in [0.15, 0.2) is 0 Å². The number of nitrogens with zero attached hydrogens (tertiary/aromatic N) is 2. The van der Waals surface area contributed by atoms with Crippen molar-refractivity contribution in [1.82, 2.24) is 15.1 Å². The number of nitrogens with one attached hydrogen (secondary N) is 2. The van der Waals surface area contributed by atoms with Crippen molar-refractivity contribution in [2.75, 3.05) is 19.0 Å². The van der Waals surface area contributed by atoms with Crippen LogP contribution in [-0.4, -0.2) is 35.1 Å². The highest BCUT2D eigenvalue weighted by Crippen LogP contribution is 2.30. The lowest BCUT2D eigenvalue weighted by Gasteiger charge is -2.29. The van der Waals surface area contributed by atoms with Gasteiger partial charge in [-0.3, -0.25) is 5.32 Å². The molecule has 128 valence electrons. The zero-order chi connectivity index (χ0) is 16.8. The number of amides is 2. The minimum atomic E-state index is -0.247. The van der Waals surface area contributed by atoms with Crippen LogP contribution in [0.15, 0.2) is 42.6 Å². The maximum Gasteiger partial charge on any atom is 0.320 e. The second-order valence-corrected chi connectivity index (χ2v) is 6.36. The number of urea groups is 1. The SMILES string of the molecule is COCC1(NC(=O)Nc2ccnn2Cc2ccccc2)CCCC1. The number of hydrogen-bond donors (Lipinski definition) is 2. The molecule has 1 saturated carbocycles. The van der Waals surface area contributed by atoms with E-state index < -0.39 is 0 Å². The highest BCUT2D eigenvalue weighted by atomic mass is 16.5. The standard InChI is InChI=1S/C18H24N4O2/c1-24-14-18(10-5-6-11-18)21-17(23)20-16-9-12-19-22(16)13-15-7-3-2-4-8-15/h2-4,7-9,12H,5-6,10-11,13-14H2,1H3,(H2,20,21,23). The summed E-state index contributed by atoms with van der Waals surface area (Å²) in [6.07, 6.45) is 5.85. The maximum absolute atomic E-state index is 12.4. The number of carbonyl (C=O) groups is 1. The smallest absolute Gasteiger partial charge is 0.320 e. The molecule has 2 N–H and O–H groups in total. The van der Waals surface area contributed by atoms with Gasteiger partial charge < -0.3 is 10.1 Å².